The van der Waals surface area contributed by atoms with Crippen LogP contribution in [0.5, 0.6) is 0 Å². The summed E-state index contributed by atoms with van der Waals surface area (Å²) in [4.78, 5) is -0.379. The lowest BCUT2D eigenvalue weighted by atomic mass is 10.1. The quantitative estimate of drug-likeness (QED) is 0.596. The SMILES string of the molecule is O=S(=O)(O)c1ccc(Nc2ccc3cc(S(=O)(=O)O)ccc3c2)cc1. The molecule has 0 saturated heterocycles. The molecule has 0 aromatic heterocycles. The first-order valence-electron chi connectivity index (χ1n) is 6.99. The minimum atomic E-state index is -4.25. The number of anilines is 2. The van der Waals surface area contributed by atoms with Crippen molar-refractivity contribution in [3.05, 3.63) is 60.7 Å². The maximum atomic E-state index is 11.2. The first kappa shape index (κ1) is 17.4. The van der Waals surface area contributed by atoms with E-state index in [2.05, 4.69) is 5.32 Å². The standard InChI is InChI=1S/C16H13NO6S2/c18-24(19,20)15-7-4-13(5-8-15)17-14-3-1-12-10-16(25(21,22)23)6-2-11(12)9-14/h1-10,17H,(H,18,19,20)(H,21,22,23). The molecule has 9 heteroatoms. The van der Waals surface area contributed by atoms with Crippen LogP contribution < -0.4 is 5.32 Å². The van der Waals surface area contributed by atoms with Crippen LogP contribution in [-0.2, 0) is 20.2 Å². The lowest BCUT2D eigenvalue weighted by Gasteiger charge is -2.09. The Morgan fingerprint density at radius 3 is 1.68 bits per heavy atom. The summed E-state index contributed by atoms with van der Waals surface area (Å²) in [5.74, 6) is 0. The van der Waals surface area contributed by atoms with Crippen LogP contribution in [0.15, 0.2) is 70.5 Å². The van der Waals surface area contributed by atoms with Crippen molar-refractivity contribution in [2.45, 2.75) is 9.79 Å². The van der Waals surface area contributed by atoms with Crippen LogP contribution in [0.2, 0.25) is 0 Å². The van der Waals surface area contributed by atoms with Gasteiger partial charge >= 0.3 is 0 Å². The van der Waals surface area contributed by atoms with Gasteiger partial charge in [-0.05, 0) is 59.3 Å². The molecule has 0 aliphatic rings. The van der Waals surface area contributed by atoms with E-state index < -0.39 is 20.2 Å². The zero-order valence-corrected chi connectivity index (χ0v) is 14.3. The van der Waals surface area contributed by atoms with Crippen LogP contribution in [0.1, 0.15) is 0 Å². The van der Waals surface area contributed by atoms with Gasteiger partial charge in [0.25, 0.3) is 20.2 Å². The minimum Gasteiger partial charge on any atom is -0.356 e. The van der Waals surface area contributed by atoms with Crippen molar-refractivity contribution >= 4 is 42.4 Å². The van der Waals surface area contributed by atoms with Crippen molar-refractivity contribution in [1.82, 2.24) is 0 Å². The van der Waals surface area contributed by atoms with Crippen molar-refractivity contribution < 1.29 is 25.9 Å². The molecule has 0 unspecified atom stereocenters. The fourth-order valence-corrected chi connectivity index (χ4v) is 3.33. The summed E-state index contributed by atoms with van der Waals surface area (Å²) in [6.07, 6.45) is 0. The van der Waals surface area contributed by atoms with E-state index in [1.165, 1.54) is 36.4 Å². The second-order valence-corrected chi connectivity index (χ2v) is 8.17. The van der Waals surface area contributed by atoms with E-state index in [1.807, 2.05) is 0 Å². The highest BCUT2D eigenvalue weighted by Gasteiger charge is 2.10. The Kier molecular flexibility index (Phi) is 4.25. The molecule has 7 nitrogen and oxygen atoms in total. The van der Waals surface area contributed by atoms with Crippen LogP contribution in [-0.4, -0.2) is 25.9 Å². The predicted octanol–water partition coefficient (Wildman–Crippen LogP) is 3.08. The Morgan fingerprint density at radius 1 is 0.600 bits per heavy atom. The second kappa shape index (κ2) is 6.12. The van der Waals surface area contributed by atoms with Gasteiger partial charge in [0.2, 0.25) is 0 Å². The third kappa shape index (κ3) is 3.97. The molecule has 3 aromatic carbocycles. The summed E-state index contributed by atoms with van der Waals surface area (Å²) in [5.41, 5.74) is 1.31. The van der Waals surface area contributed by atoms with Crippen molar-refractivity contribution in [3.8, 4) is 0 Å². The lowest BCUT2D eigenvalue weighted by Crippen LogP contribution is -1.98. The third-order valence-electron chi connectivity index (χ3n) is 3.55. The van der Waals surface area contributed by atoms with Crippen molar-refractivity contribution in [3.63, 3.8) is 0 Å². The van der Waals surface area contributed by atoms with E-state index in [4.69, 9.17) is 9.11 Å². The Hall–Kier alpha value is -2.46. The summed E-state index contributed by atoms with van der Waals surface area (Å²) in [6.45, 7) is 0. The topological polar surface area (TPSA) is 121 Å². The zero-order chi connectivity index (χ0) is 18.2. The average Bonchev–Trinajstić information content (AvgIpc) is 2.53. The predicted molar refractivity (Wildman–Crippen MR) is 93.3 cm³/mol. The zero-order valence-electron chi connectivity index (χ0n) is 12.6. The molecule has 0 fully saturated rings. The van der Waals surface area contributed by atoms with Gasteiger partial charge in [0.1, 0.15) is 0 Å². The molecule has 0 aliphatic heterocycles. The first-order valence-corrected chi connectivity index (χ1v) is 9.87. The van der Waals surface area contributed by atoms with Crippen molar-refractivity contribution in [1.29, 1.82) is 0 Å². The lowest BCUT2D eigenvalue weighted by molar-refractivity contribution is 0.481. The molecule has 3 aromatic rings. The highest BCUT2D eigenvalue weighted by atomic mass is 32.2. The number of fused-ring (bicyclic) bond motifs is 1. The highest BCUT2D eigenvalue weighted by molar-refractivity contribution is 7.86. The molecule has 3 rings (SSSR count). The van der Waals surface area contributed by atoms with E-state index in [-0.39, 0.29) is 9.79 Å². The normalized spacial score (nSPS) is 12.2. The number of hydrogen-bond acceptors (Lipinski definition) is 5. The van der Waals surface area contributed by atoms with Gasteiger partial charge in [0, 0.05) is 11.4 Å². The van der Waals surface area contributed by atoms with E-state index in [1.54, 1.807) is 24.3 Å². The van der Waals surface area contributed by atoms with Gasteiger partial charge in [0.05, 0.1) is 9.79 Å². The van der Waals surface area contributed by atoms with E-state index in [0.717, 1.165) is 5.39 Å². The molecule has 0 amide bonds. The second-order valence-electron chi connectivity index (χ2n) is 5.32. The van der Waals surface area contributed by atoms with Crippen LogP contribution in [0.4, 0.5) is 11.4 Å². The molecule has 0 radical (unpaired) electrons. The molecule has 0 atom stereocenters. The van der Waals surface area contributed by atoms with Gasteiger partial charge in [-0.3, -0.25) is 9.11 Å². The van der Waals surface area contributed by atoms with Gasteiger partial charge in [-0.2, -0.15) is 16.8 Å². The van der Waals surface area contributed by atoms with Gasteiger partial charge < -0.3 is 5.32 Å². The largest absolute Gasteiger partial charge is 0.356 e. The molecule has 0 saturated carbocycles. The Balaban J connectivity index is 1.90. The minimum absolute atomic E-state index is 0.179. The molecule has 130 valence electrons. The number of benzene rings is 3. The molecular formula is C16H13NO6S2. The van der Waals surface area contributed by atoms with E-state index in [0.29, 0.717) is 16.8 Å². The number of rotatable bonds is 4. The Morgan fingerprint density at radius 2 is 1.08 bits per heavy atom. The summed E-state index contributed by atoms with van der Waals surface area (Å²) in [5, 5.41) is 4.47. The Bertz CT molecular complexity index is 1150. The monoisotopic (exact) mass is 379 g/mol. The van der Waals surface area contributed by atoms with Crippen LogP contribution >= 0.6 is 0 Å². The maximum absolute atomic E-state index is 11.2. The molecule has 0 aliphatic carbocycles. The molecule has 0 heterocycles. The van der Waals surface area contributed by atoms with Gasteiger partial charge in [0.15, 0.2) is 0 Å². The Labute approximate surface area is 144 Å². The smallest absolute Gasteiger partial charge is 0.294 e. The molecular weight excluding hydrogens is 366 g/mol. The molecule has 25 heavy (non-hydrogen) atoms. The van der Waals surface area contributed by atoms with E-state index >= 15 is 0 Å². The average molecular weight is 379 g/mol. The van der Waals surface area contributed by atoms with Crippen LogP contribution in [0.25, 0.3) is 10.8 Å². The summed E-state index contributed by atoms with van der Waals surface area (Å²) < 4.78 is 62.4. The molecule has 0 bridgehead atoms. The fraction of sp³-hybridized carbons (Fsp3) is 0. The summed E-state index contributed by atoms with van der Waals surface area (Å²) in [7, 11) is -8.49. The van der Waals surface area contributed by atoms with Crippen molar-refractivity contribution in [2.24, 2.45) is 0 Å². The fourth-order valence-electron chi connectivity index (χ4n) is 2.34. The maximum Gasteiger partial charge on any atom is 0.294 e. The highest BCUT2D eigenvalue weighted by Crippen LogP contribution is 2.25. The first-order chi connectivity index (χ1) is 11.6. The van der Waals surface area contributed by atoms with Crippen LogP contribution in [0, 0.1) is 0 Å². The third-order valence-corrected chi connectivity index (χ3v) is 5.27. The molecule has 3 N–H and O–H groups in total. The van der Waals surface area contributed by atoms with Gasteiger partial charge in [-0.25, -0.2) is 0 Å². The molecule has 0 spiro atoms. The van der Waals surface area contributed by atoms with Crippen molar-refractivity contribution in [2.75, 3.05) is 5.32 Å². The van der Waals surface area contributed by atoms with Gasteiger partial charge in [-0.1, -0.05) is 12.1 Å². The number of hydrogen-bond donors (Lipinski definition) is 3. The number of nitrogens with one attached hydrogen (secondary N) is 1. The van der Waals surface area contributed by atoms with Crippen LogP contribution in [0.3, 0.4) is 0 Å². The van der Waals surface area contributed by atoms with E-state index in [9.17, 15) is 16.8 Å². The summed E-state index contributed by atoms with van der Waals surface area (Å²) in [6, 6.07) is 15.0. The summed E-state index contributed by atoms with van der Waals surface area (Å²) >= 11 is 0. The van der Waals surface area contributed by atoms with Gasteiger partial charge in [-0.15, -0.1) is 0 Å².